The molecule has 0 aromatic heterocycles. The molecule has 0 spiro atoms. The molecule has 0 aliphatic heterocycles. The van der Waals surface area contributed by atoms with Crippen LogP contribution < -0.4 is 5.90 Å². The van der Waals surface area contributed by atoms with E-state index in [9.17, 15) is 0 Å². The van der Waals surface area contributed by atoms with E-state index in [-0.39, 0.29) is 5.41 Å². The molecule has 11 heavy (non-hydrogen) atoms. The van der Waals surface area contributed by atoms with Gasteiger partial charge in [0.1, 0.15) is 0 Å². The molecule has 0 fully saturated rings. The predicted octanol–water partition coefficient (Wildman–Crippen LogP) is 2.34. The van der Waals surface area contributed by atoms with Crippen molar-refractivity contribution >= 4 is 0 Å². The van der Waals surface area contributed by atoms with Crippen molar-refractivity contribution in [3.63, 3.8) is 0 Å². The van der Waals surface area contributed by atoms with Gasteiger partial charge in [0, 0.05) is 0 Å². The van der Waals surface area contributed by atoms with E-state index in [1.165, 1.54) is 12.8 Å². The van der Waals surface area contributed by atoms with E-state index in [0.29, 0.717) is 12.5 Å². The van der Waals surface area contributed by atoms with Gasteiger partial charge in [-0.2, -0.15) is 0 Å². The zero-order valence-electron chi connectivity index (χ0n) is 8.18. The Bertz CT molecular complexity index is 97.7. The van der Waals surface area contributed by atoms with E-state index >= 15 is 0 Å². The van der Waals surface area contributed by atoms with E-state index < -0.39 is 0 Å². The summed E-state index contributed by atoms with van der Waals surface area (Å²) in [6.07, 6.45) is 2.40. The smallest absolute Gasteiger partial charge is 0.0732 e. The van der Waals surface area contributed by atoms with Crippen LogP contribution in [0.3, 0.4) is 0 Å². The molecule has 0 saturated carbocycles. The van der Waals surface area contributed by atoms with Gasteiger partial charge < -0.3 is 4.84 Å². The van der Waals surface area contributed by atoms with Crippen molar-refractivity contribution in [2.75, 3.05) is 6.61 Å². The van der Waals surface area contributed by atoms with Crippen LogP contribution in [0.25, 0.3) is 0 Å². The maximum atomic E-state index is 5.06. The van der Waals surface area contributed by atoms with Crippen molar-refractivity contribution in [2.45, 2.75) is 40.5 Å². The van der Waals surface area contributed by atoms with Crippen molar-refractivity contribution in [1.82, 2.24) is 0 Å². The summed E-state index contributed by atoms with van der Waals surface area (Å²) in [6.45, 7) is 9.49. The lowest BCUT2D eigenvalue weighted by molar-refractivity contribution is 0.0253. The molecule has 2 heteroatoms. The molecule has 0 amide bonds. The highest BCUT2D eigenvalue weighted by molar-refractivity contribution is 4.75. The second-order valence-electron chi connectivity index (χ2n) is 3.81. The molecule has 2 nitrogen and oxygen atoms in total. The maximum absolute atomic E-state index is 5.06. The molecule has 0 saturated heterocycles. The minimum Gasteiger partial charge on any atom is -0.304 e. The second-order valence-corrected chi connectivity index (χ2v) is 3.81. The van der Waals surface area contributed by atoms with Crippen molar-refractivity contribution in [2.24, 2.45) is 17.2 Å². The molecule has 0 unspecified atom stereocenters. The Balaban J connectivity index is 4.00. The molecular formula is C9H21NO. The molecule has 0 radical (unpaired) electrons. The zero-order chi connectivity index (χ0) is 8.91. The van der Waals surface area contributed by atoms with Gasteiger partial charge in [-0.25, -0.2) is 5.90 Å². The van der Waals surface area contributed by atoms with Gasteiger partial charge in [-0.1, -0.05) is 40.5 Å². The molecule has 0 aromatic rings. The van der Waals surface area contributed by atoms with Crippen LogP contribution in [-0.4, -0.2) is 6.61 Å². The van der Waals surface area contributed by atoms with Gasteiger partial charge in [-0.3, -0.25) is 0 Å². The van der Waals surface area contributed by atoms with Crippen molar-refractivity contribution < 1.29 is 4.84 Å². The lowest BCUT2D eigenvalue weighted by atomic mass is 9.76. The standard InChI is InChI=1S/C9H21NO/c1-5-8(6-2)9(3,4)7-11-10/h8H,5-7,10H2,1-4H3. The average molecular weight is 159 g/mol. The fourth-order valence-corrected chi connectivity index (χ4v) is 1.73. The zero-order valence-corrected chi connectivity index (χ0v) is 8.18. The van der Waals surface area contributed by atoms with Gasteiger partial charge in [0.2, 0.25) is 0 Å². The predicted molar refractivity (Wildman–Crippen MR) is 48.0 cm³/mol. The number of nitrogens with two attached hydrogens (primary N) is 1. The summed E-state index contributed by atoms with van der Waals surface area (Å²) in [5.74, 6) is 5.78. The highest BCUT2D eigenvalue weighted by Gasteiger charge is 2.26. The van der Waals surface area contributed by atoms with Crippen LogP contribution in [0.5, 0.6) is 0 Å². The SMILES string of the molecule is CCC(CC)C(C)(C)CON. The molecule has 0 rings (SSSR count). The van der Waals surface area contributed by atoms with Crippen LogP contribution in [0.2, 0.25) is 0 Å². The van der Waals surface area contributed by atoms with Gasteiger partial charge in [-0.15, -0.1) is 0 Å². The fourth-order valence-electron chi connectivity index (χ4n) is 1.73. The third-order valence-corrected chi connectivity index (χ3v) is 2.55. The first-order chi connectivity index (χ1) is 5.08. The Morgan fingerprint density at radius 2 is 1.73 bits per heavy atom. The largest absolute Gasteiger partial charge is 0.304 e. The van der Waals surface area contributed by atoms with Crippen LogP contribution >= 0.6 is 0 Å². The summed E-state index contributed by atoms with van der Waals surface area (Å²) in [4.78, 5) is 4.69. The fraction of sp³-hybridized carbons (Fsp3) is 1.00. The van der Waals surface area contributed by atoms with Crippen molar-refractivity contribution in [3.05, 3.63) is 0 Å². The van der Waals surface area contributed by atoms with Gasteiger partial charge >= 0.3 is 0 Å². The molecular weight excluding hydrogens is 138 g/mol. The Morgan fingerprint density at radius 3 is 2.00 bits per heavy atom. The molecule has 2 N–H and O–H groups in total. The monoisotopic (exact) mass is 159 g/mol. The second kappa shape index (κ2) is 4.73. The number of hydrogen-bond acceptors (Lipinski definition) is 2. The first kappa shape index (κ1) is 10.9. The molecule has 0 atom stereocenters. The minimum atomic E-state index is 0.220. The molecule has 0 heterocycles. The first-order valence-corrected chi connectivity index (χ1v) is 4.40. The van der Waals surface area contributed by atoms with E-state index in [0.717, 1.165) is 0 Å². The van der Waals surface area contributed by atoms with Crippen LogP contribution in [-0.2, 0) is 4.84 Å². The van der Waals surface area contributed by atoms with E-state index in [2.05, 4.69) is 27.7 Å². The first-order valence-electron chi connectivity index (χ1n) is 4.40. The van der Waals surface area contributed by atoms with Gasteiger partial charge in [0.15, 0.2) is 0 Å². The van der Waals surface area contributed by atoms with Crippen LogP contribution in [0, 0.1) is 11.3 Å². The summed E-state index contributed by atoms with van der Waals surface area (Å²) >= 11 is 0. The quantitative estimate of drug-likeness (QED) is 0.625. The highest BCUT2D eigenvalue weighted by atomic mass is 16.6. The Morgan fingerprint density at radius 1 is 1.27 bits per heavy atom. The molecule has 0 aromatic carbocycles. The molecule has 0 aliphatic carbocycles. The molecule has 0 aliphatic rings. The average Bonchev–Trinajstić information content (AvgIpc) is 1.89. The van der Waals surface area contributed by atoms with Crippen LogP contribution in [0.4, 0.5) is 0 Å². The van der Waals surface area contributed by atoms with Gasteiger partial charge in [-0.05, 0) is 11.3 Å². The summed E-state index contributed by atoms with van der Waals surface area (Å²) in [6, 6.07) is 0. The third-order valence-electron chi connectivity index (χ3n) is 2.55. The minimum absolute atomic E-state index is 0.220. The lowest BCUT2D eigenvalue weighted by Crippen LogP contribution is -2.29. The summed E-state index contributed by atoms with van der Waals surface area (Å²) in [5, 5.41) is 0. The molecule has 0 bridgehead atoms. The Kier molecular flexibility index (Phi) is 4.69. The summed E-state index contributed by atoms with van der Waals surface area (Å²) in [7, 11) is 0. The van der Waals surface area contributed by atoms with Gasteiger partial charge in [0.25, 0.3) is 0 Å². The summed E-state index contributed by atoms with van der Waals surface area (Å²) < 4.78 is 0. The van der Waals surface area contributed by atoms with Crippen molar-refractivity contribution in [1.29, 1.82) is 0 Å². The van der Waals surface area contributed by atoms with E-state index in [1.807, 2.05) is 0 Å². The van der Waals surface area contributed by atoms with E-state index in [1.54, 1.807) is 0 Å². The Labute approximate surface area is 70.1 Å². The van der Waals surface area contributed by atoms with Gasteiger partial charge in [0.05, 0.1) is 6.61 Å². The Hall–Kier alpha value is -0.0800. The highest BCUT2D eigenvalue weighted by Crippen LogP contribution is 2.31. The normalized spacial score (nSPS) is 12.5. The molecule has 68 valence electrons. The van der Waals surface area contributed by atoms with Crippen molar-refractivity contribution in [3.8, 4) is 0 Å². The lowest BCUT2D eigenvalue weighted by Gasteiger charge is -2.31. The van der Waals surface area contributed by atoms with Crippen LogP contribution in [0.15, 0.2) is 0 Å². The third kappa shape index (κ3) is 3.21. The maximum Gasteiger partial charge on any atom is 0.0732 e. The topological polar surface area (TPSA) is 35.2 Å². The number of rotatable bonds is 5. The summed E-state index contributed by atoms with van der Waals surface area (Å²) in [5.41, 5.74) is 0.220. The van der Waals surface area contributed by atoms with Crippen LogP contribution in [0.1, 0.15) is 40.5 Å². The van der Waals surface area contributed by atoms with E-state index in [4.69, 9.17) is 10.7 Å². The number of hydrogen-bond donors (Lipinski definition) is 1.